The van der Waals surface area contributed by atoms with Crippen molar-refractivity contribution in [3.63, 3.8) is 0 Å². The first-order valence-corrected chi connectivity index (χ1v) is 6.05. The van der Waals surface area contributed by atoms with Gasteiger partial charge in [-0.3, -0.25) is 4.79 Å². The van der Waals surface area contributed by atoms with Gasteiger partial charge in [0.05, 0.1) is 6.61 Å². The number of rotatable bonds is 5. The smallest absolute Gasteiger partial charge is 0.332 e. The van der Waals surface area contributed by atoms with Gasteiger partial charge in [0, 0.05) is 6.92 Å². The van der Waals surface area contributed by atoms with E-state index in [9.17, 15) is 19.8 Å². The van der Waals surface area contributed by atoms with Crippen molar-refractivity contribution in [3.05, 3.63) is 0 Å². The minimum atomic E-state index is -1.54. The molecule has 9 nitrogen and oxygen atoms in total. The Balaban J connectivity index is 2.92. The largest absolute Gasteiger partial charge is 0.479 e. The van der Waals surface area contributed by atoms with Gasteiger partial charge in [-0.2, -0.15) is 0 Å². The molecule has 0 aliphatic carbocycles. The summed E-state index contributed by atoms with van der Waals surface area (Å²) < 4.78 is 10.1. The average Bonchev–Trinajstić information content (AvgIpc) is 2.36. The molecule has 1 saturated heterocycles. The fourth-order valence-electron chi connectivity index (χ4n) is 1.93. The highest BCUT2D eigenvalue weighted by molar-refractivity contribution is 5.73. The standard InChI is InChI=1S/C11H19NO8/c1-4(10(16)17)19-9-7(12-5(2)14)11(18)20-6(3-13)8(9)15/h4,6-9,11,13,15,18H,3H2,1-2H3,(H,12,14)(H,16,17)/t4-,6+,7-,8-,9+,11+/m0/s1. The second kappa shape index (κ2) is 6.95. The van der Waals surface area contributed by atoms with Gasteiger partial charge in [0.2, 0.25) is 5.91 Å². The number of hydrogen-bond donors (Lipinski definition) is 5. The zero-order valence-electron chi connectivity index (χ0n) is 11.1. The summed E-state index contributed by atoms with van der Waals surface area (Å²) in [5.41, 5.74) is 0. The number of amides is 1. The molecule has 20 heavy (non-hydrogen) atoms. The number of carboxylic acid groups (broad SMARTS) is 1. The van der Waals surface area contributed by atoms with Crippen LogP contribution in [0.5, 0.6) is 0 Å². The second-order valence-electron chi connectivity index (χ2n) is 4.55. The lowest BCUT2D eigenvalue weighted by atomic mass is 9.96. The van der Waals surface area contributed by atoms with Crippen LogP contribution in [0.15, 0.2) is 0 Å². The minimum absolute atomic E-state index is 0.510. The number of ether oxygens (including phenoxy) is 2. The van der Waals surface area contributed by atoms with Crippen LogP contribution in [0.25, 0.3) is 0 Å². The first-order chi connectivity index (χ1) is 9.27. The third kappa shape index (κ3) is 3.87. The molecule has 1 aliphatic heterocycles. The zero-order valence-corrected chi connectivity index (χ0v) is 11.1. The van der Waals surface area contributed by atoms with Gasteiger partial charge in [0.25, 0.3) is 0 Å². The molecule has 0 aromatic heterocycles. The number of aliphatic hydroxyl groups excluding tert-OH is 3. The van der Waals surface area contributed by atoms with Crippen LogP contribution in [0.2, 0.25) is 0 Å². The number of hydrogen-bond acceptors (Lipinski definition) is 7. The first-order valence-electron chi connectivity index (χ1n) is 6.05. The number of carboxylic acids is 1. The van der Waals surface area contributed by atoms with Crippen molar-refractivity contribution in [2.75, 3.05) is 6.61 Å². The van der Waals surface area contributed by atoms with E-state index in [1.54, 1.807) is 0 Å². The highest BCUT2D eigenvalue weighted by Crippen LogP contribution is 2.23. The fourth-order valence-corrected chi connectivity index (χ4v) is 1.93. The van der Waals surface area contributed by atoms with Gasteiger partial charge in [-0.05, 0) is 6.92 Å². The van der Waals surface area contributed by atoms with Gasteiger partial charge in [-0.1, -0.05) is 0 Å². The third-order valence-corrected chi connectivity index (χ3v) is 2.95. The summed E-state index contributed by atoms with van der Waals surface area (Å²) in [6.45, 7) is 1.84. The summed E-state index contributed by atoms with van der Waals surface area (Å²) in [5, 5.41) is 40.0. The Labute approximate surface area is 115 Å². The van der Waals surface area contributed by atoms with Crippen LogP contribution >= 0.6 is 0 Å². The highest BCUT2D eigenvalue weighted by atomic mass is 16.6. The lowest BCUT2D eigenvalue weighted by Gasteiger charge is -2.42. The van der Waals surface area contributed by atoms with Crippen LogP contribution in [-0.2, 0) is 19.1 Å². The highest BCUT2D eigenvalue weighted by Gasteiger charge is 2.46. The number of aliphatic hydroxyl groups is 3. The maximum atomic E-state index is 11.1. The molecule has 0 bridgehead atoms. The van der Waals surface area contributed by atoms with Gasteiger partial charge in [-0.15, -0.1) is 0 Å². The molecule has 0 unspecified atom stereocenters. The van der Waals surface area contributed by atoms with Crippen molar-refractivity contribution in [1.82, 2.24) is 5.32 Å². The quantitative estimate of drug-likeness (QED) is 0.371. The molecule has 1 fully saturated rings. The molecule has 0 aromatic carbocycles. The summed E-state index contributed by atoms with van der Waals surface area (Å²) in [6, 6.07) is -1.15. The Morgan fingerprint density at radius 2 is 2.00 bits per heavy atom. The van der Waals surface area contributed by atoms with Crippen molar-refractivity contribution in [1.29, 1.82) is 0 Å². The molecular weight excluding hydrogens is 274 g/mol. The number of carbonyl (C=O) groups excluding carboxylic acids is 1. The molecule has 1 aliphatic rings. The van der Waals surface area contributed by atoms with Crippen LogP contribution < -0.4 is 5.32 Å². The summed E-state index contributed by atoms with van der Waals surface area (Å²) in [5.74, 6) is -1.77. The monoisotopic (exact) mass is 293 g/mol. The molecule has 9 heteroatoms. The van der Waals surface area contributed by atoms with E-state index < -0.39 is 55.2 Å². The van der Waals surface area contributed by atoms with Crippen LogP contribution in [0.4, 0.5) is 0 Å². The molecule has 0 aromatic rings. The summed E-state index contributed by atoms with van der Waals surface area (Å²) in [4.78, 5) is 21.9. The lowest BCUT2D eigenvalue weighted by molar-refractivity contribution is -0.267. The van der Waals surface area contributed by atoms with Gasteiger partial charge in [0.15, 0.2) is 12.4 Å². The van der Waals surface area contributed by atoms with Gasteiger partial charge >= 0.3 is 5.97 Å². The first kappa shape index (κ1) is 16.8. The number of nitrogens with one attached hydrogen (secondary N) is 1. The molecule has 5 N–H and O–H groups in total. The molecule has 1 amide bonds. The maximum Gasteiger partial charge on any atom is 0.332 e. The molecule has 0 spiro atoms. The van der Waals surface area contributed by atoms with Crippen molar-refractivity contribution >= 4 is 11.9 Å². The fraction of sp³-hybridized carbons (Fsp3) is 0.818. The molecule has 0 radical (unpaired) electrons. The number of aliphatic carboxylic acids is 1. The Kier molecular flexibility index (Phi) is 5.84. The predicted molar refractivity (Wildman–Crippen MR) is 63.5 cm³/mol. The van der Waals surface area contributed by atoms with E-state index in [1.165, 1.54) is 13.8 Å². The van der Waals surface area contributed by atoms with Gasteiger partial charge in [-0.25, -0.2) is 4.79 Å². The molecule has 0 saturated carbocycles. The van der Waals surface area contributed by atoms with E-state index in [0.717, 1.165) is 0 Å². The van der Waals surface area contributed by atoms with E-state index in [1.807, 2.05) is 0 Å². The van der Waals surface area contributed by atoms with Crippen molar-refractivity contribution in [3.8, 4) is 0 Å². The van der Waals surface area contributed by atoms with Crippen LogP contribution in [0.3, 0.4) is 0 Å². The molecule has 116 valence electrons. The van der Waals surface area contributed by atoms with Crippen molar-refractivity contribution in [2.24, 2.45) is 0 Å². The Morgan fingerprint density at radius 3 is 2.45 bits per heavy atom. The summed E-state index contributed by atoms with van der Waals surface area (Å²) >= 11 is 0. The third-order valence-electron chi connectivity index (χ3n) is 2.95. The second-order valence-corrected chi connectivity index (χ2v) is 4.55. The SMILES string of the molecule is CC(=O)N[C@H]1[C@@H](O[C@@H](C)C(=O)O)[C@@H](O)[C@@H](CO)O[C@H]1O. The van der Waals surface area contributed by atoms with Crippen molar-refractivity contribution in [2.45, 2.75) is 50.6 Å². The topological polar surface area (TPSA) is 146 Å². The van der Waals surface area contributed by atoms with Crippen LogP contribution in [-0.4, -0.2) is 75.7 Å². The van der Waals surface area contributed by atoms with E-state index in [4.69, 9.17) is 19.7 Å². The van der Waals surface area contributed by atoms with Crippen molar-refractivity contribution < 1.29 is 39.5 Å². The normalized spacial score (nSPS) is 35.4. The minimum Gasteiger partial charge on any atom is -0.479 e. The Bertz CT molecular complexity index is 362. The average molecular weight is 293 g/mol. The van der Waals surface area contributed by atoms with Gasteiger partial charge in [0.1, 0.15) is 24.4 Å². The Hall–Kier alpha value is -1.26. The van der Waals surface area contributed by atoms with E-state index in [0.29, 0.717) is 0 Å². The zero-order chi connectivity index (χ0) is 15.4. The van der Waals surface area contributed by atoms with E-state index >= 15 is 0 Å². The summed E-state index contributed by atoms with van der Waals surface area (Å²) in [6.07, 6.45) is -6.57. The molecule has 1 heterocycles. The molecular formula is C11H19NO8. The lowest BCUT2D eigenvalue weighted by Crippen LogP contribution is -2.65. The maximum absolute atomic E-state index is 11.1. The van der Waals surface area contributed by atoms with E-state index in [2.05, 4.69) is 5.32 Å². The van der Waals surface area contributed by atoms with Crippen LogP contribution in [0, 0.1) is 0 Å². The van der Waals surface area contributed by atoms with Gasteiger partial charge < -0.3 is 35.2 Å². The summed E-state index contributed by atoms with van der Waals surface area (Å²) in [7, 11) is 0. The predicted octanol–water partition coefficient (Wildman–Crippen LogP) is -2.58. The molecule has 6 atom stereocenters. The Morgan fingerprint density at radius 1 is 1.40 bits per heavy atom. The van der Waals surface area contributed by atoms with E-state index in [-0.39, 0.29) is 0 Å². The van der Waals surface area contributed by atoms with Crippen LogP contribution in [0.1, 0.15) is 13.8 Å². The molecule has 1 rings (SSSR count). The number of carbonyl (C=O) groups is 2.